The molecule has 0 saturated heterocycles. The Labute approximate surface area is 94.8 Å². The normalized spacial score (nSPS) is 12.3. The predicted octanol–water partition coefficient (Wildman–Crippen LogP) is 1.72. The number of pyridine rings is 1. The number of nitrogens with zero attached hydrogens (tertiary/aromatic N) is 3. The molecule has 2 heterocycles. The van der Waals surface area contributed by atoms with Gasteiger partial charge in [0.2, 0.25) is 0 Å². The molecule has 0 bridgehead atoms. The minimum Gasteiger partial charge on any atom is -0.306 e. The summed E-state index contributed by atoms with van der Waals surface area (Å²) in [6.45, 7) is 2.89. The molecule has 1 atom stereocenters. The van der Waals surface area contributed by atoms with Crippen molar-refractivity contribution in [2.75, 3.05) is 0 Å². The van der Waals surface area contributed by atoms with Gasteiger partial charge in [-0.05, 0) is 24.6 Å². The standard InChI is InChI=1S/C12H14N4/c1-10(12-2-4-13-5-3-12)16-8-11-6-14-9-15-7-11/h2-7,9-10,16H,8H2,1H3/t10-/m1/s1. The maximum Gasteiger partial charge on any atom is 0.115 e. The third-order valence-corrected chi connectivity index (χ3v) is 2.43. The molecule has 0 aliphatic carbocycles. The van der Waals surface area contributed by atoms with Crippen molar-refractivity contribution < 1.29 is 0 Å². The lowest BCUT2D eigenvalue weighted by molar-refractivity contribution is 0.572. The maximum atomic E-state index is 4.00. The number of rotatable bonds is 4. The van der Waals surface area contributed by atoms with Crippen LogP contribution in [0.25, 0.3) is 0 Å². The molecule has 0 spiro atoms. The van der Waals surface area contributed by atoms with Gasteiger partial charge in [-0.15, -0.1) is 0 Å². The number of hydrogen-bond donors (Lipinski definition) is 1. The molecule has 4 heteroatoms. The maximum absolute atomic E-state index is 4.00. The van der Waals surface area contributed by atoms with Gasteiger partial charge in [-0.1, -0.05) is 0 Å². The summed E-state index contributed by atoms with van der Waals surface area (Å²) in [5, 5.41) is 3.41. The fourth-order valence-electron chi connectivity index (χ4n) is 1.46. The van der Waals surface area contributed by atoms with E-state index in [9.17, 15) is 0 Å². The van der Waals surface area contributed by atoms with Gasteiger partial charge in [0.25, 0.3) is 0 Å². The van der Waals surface area contributed by atoms with Crippen LogP contribution in [-0.2, 0) is 6.54 Å². The van der Waals surface area contributed by atoms with Crippen LogP contribution in [0, 0.1) is 0 Å². The van der Waals surface area contributed by atoms with Gasteiger partial charge in [-0.3, -0.25) is 4.98 Å². The molecule has 0 aromatic carbocycles. The quantitative estimate of drug-likeness (QED) is 0.842. The smallest absolute Gasteiger partial charge is 0.115 e. The summed E-state index contributed by atoms with van der Waals surface area (Å²) in [5.41, 5.74) is 2.32. The van der Waals surface area contributed by atoms with E-state index in [0.29, 0.717) is 6.04 Å². The van der Waals surface area contributed by atoms with Gasteiger partial charge in [0.05, 0.1) is 0 Å². The second-order valence-corrected chi connectivity index (χ2v) is 3.63. The highest BCUT2D eigenvalue weighted by Gasteiger charge is 2.03. The number of aromatic nitrogens is 3. The predicted molar refractivity (Wildman–Crippen MR) is 61.5 cm³/mol. The van der Waals surface area contributed by atoms with Crippen molar-refractivity contribution in [2.24, 2.45) is 0 Å². The van der Waals surface area contributed by atoms with Crippen LogP contribution in [0.15, 0.2) is 43.2 Å². The fraction of sp³-hybridized carbons (Fsp3) is 0.250. The molecule has 0 amide bonds. The molecule has 2 rings (SSSR count). The van der Waals surface area contributed by atoms with Crippen LogP contribution in [0.5, 0.6) is 0 Å². The van der Waals surface area contributed by atoms with E-state index in [0.717, 1.165) is 12.1 Å². The molecule has 0 aliphatic heterocycles. The molecular formula is C12H14N4. The molecule has 0 aliphatic rings. The van der Waals surface area contributed by atoms with E-state index in [-0.39, 0.29) is 0 Å². The monoisotopic (exact) mass is 214 g/mol. The summed E-state index contributed by atoms with van der Waals surface area (Å²) in [4.78, 5) is 11.9. The van der Waals surface area contributed by atoms with Gasteiger partial charge in [0, 0.05) is 42.9 Å². The van der Waals surface area contributed by atoms with E-state index in [2.05, 4.69) is 27.2 Å². The minimum atomic E-state index is 0.295. The Kier molecular flexibility index (Phi) is 3.56. The molecule has 82 valence electrons. The SMILES string of the molecule is C[C@@H](NCc1cncnc1)c1ccncc1. The van der Waals surface area contributed by atoms with Gasteiger partial charge < -0.3 is 5.32 Å². The first-order valence-corrected chi connectivity index (χ1v) is 5.23. The van der Waals surface area contributed by atoms with Gasteiger partial charge in [-0.2, -0.15) is 0 Å². The summed E-state index contributed by atoms with van der Waals surface area (Å²) in [5.74, 6) is 0. The molecule has 0 saturated carbocycles. The molecule has 2 aromatic heterocycles. The average molecular weight is 214 g/mol. The largest absolute Gasteiger partial charge is 0.306 e. The highest BCUT2D eigenvalue weighted by Crippen LogP contribution is 2.10. The Hall–Kier alpha value is -1.81. The van der Waals surface area contributed by atoms with Crippen molar-refractivity contribution in [2.45, 2.75) is 19.5 Å². The van der Waals surface area contributed by atoms with Crippen LogP contribution >= 0.6 is 0 Å². The first-order valence-electron chi connectivity index (χ1n) is 5.23. The van der Waals surface area contributed by atoms with Crippen molar-refractivity contribution in [3.8, 4) is 0 Å². The highest BCUT2D eigenvalue weighted by molar-refractivity contribution is 5.14. The summed E-state index contributed by atoms with van der Waals surface area (Å²) >= 11 is 0. The molecule has 0 radical (unpaired) electrons. The Balaban J connectivity index is 1.92. The van der Waals surface area contributed by atoms with Crippen LogP contribution in [0.2, 0.25) is 0 Å². The highest BCUT2D eigenvalue weighted by atomic mass is 14.9. The Morgan fingerprint density at radius 1 is 1.12 bits per heavy atom. The first kappa shape index (κ1) is 10.7. The first-order chi connectivity index (χ1) is 7.86. The van der Waals surface area contributed by atoms with Gasteiger partial charge in [-0.25, -0.2) is 9.97 Å². The van der Waals surface area contributed by atoms with Crippen molar-refractivity contribution in [3.63, 3.8) is 0 Å². The van der Waals surface area contributed by atoms with E-state index >= 15 is 0 Å². The third kappa shape index (κ3) is 2.84. The van der Waals surface area contributed by atoms with Gasteiger partial charge >= 0.3 is 0 Å². The Morgan fingerprint density at radius 2 is 1.81 bits per heavy atom. The average Bonchev–Trinajstić information content (AvgIpc) is 2.38. The molecule has 1 N–H and O–H groups in total. The molecular weight excluding hydrogens is 200 g/mol. The summed E-state index contributed by atoms with van der Waals surface area (Å²) in [7, 11) is 0. The van der Waals surface area contributed by atoms with Crippen molar-refractivity contribution in [1.29, 1.82) is 0 Å². The van der Waals surface area contributed by atoms with Crippen molar-refractivity contribution in [3.05, 3.63) is 54.4 Å². The van der Waals surface area contributed by atoms with E-state index in [1.54, 1.807) is 12.4 Å². The molecule has 4 nitrogen and oxygen atoms in total. The summed E-state index contributed by atoms with van der Waals surface area (Å²) in [6, 6.07) is 4.32. The summed E-state index contributed by atoms with van der Waals surface area (Å²) < 4.78 is 0. The lowest BCUT2D eigenvalue weighted by Crippen LogP contribution is -2.18. The van der Waals surface area contributed by atoms with Crippen LogP contribution in [-0.4, -0.2) is 15.0 Å². The van der Waals surface area contributed by atoms with Crippen LogP contribution in [0.3, 0.4) is 0 Å². The molecule has 0 unspecified atom stereocenters. The van der Waals surface area contributed by atoms with Crippen molar-refractivity contribution >= 4 is 0 Å². The van der Waals surface area contributed by atoms with E-state index < -0.39 is 0 Å². The number of nitrogens with one attached hydrogen (secondary N) is 1. The third-order valence-electron chi connectivity index (χ3n) is 2.43. The molecule has 16 heavy (non-hydrogen) atoms. The van der Waals surface area contributed by atoms with Crippen LogP contribution in [0.4, 0.5) is 0 Å². The molecule has 0 fully saturated rings. The zero-order valence-electron chi connectivity index (χ0n) is 9.17. The van der Waals surface area contributed by atoms with Gasteiger partial charge in [0.1, 0.15) is 6.33 Å². The lowest BCUT2D eigenvalue weighted by atomic mass is 10.1. The second-order valence-electron chi connectivity index (χ2n) is 3.63. The van der Waals surface area contributed by atoms with Gasteiger partial charge in [0.15, 0.2) is 0 Å². The minimum absolute atomic E-state index is 0.295. The van der Waals surface area contributed by atoms with Crippen molar-refractivity contribution in [1.82, 2.24) is 20.3 Å². The van der Waals surface area contributed by atoms with Crippen LogP contribution < -0.4 is 5.32 Å². The Morgan fingerprint density at radius 3 is 2.50 bits per heavy atom. The fourth-order valence-corrected chi connectivity index (χ4v) is 1.46. The topological polar surface area (TPSA) is 50.7 Å². The zero-order valence-corrected chi connectivity index (χ0v) is 9.17. The van der Waals surface area contributed by atoms with E-state index in [1.165, 1.54) is 11.9 Å². The second kappa shape index (κ2) is 5.32. The lowest BCUT2D eigenvalue weighted by Gasteiger charge is -2.13. The molecule has 2 aromatic rings. The Bertz CT molecular complexity index is 416. The van der Waals surface area contributed by atoms with E-state index in [4.69, 9.17) is 0 Å². The zero-order chi connectivity index (χ0) is 11.2. The summed E-state index contributed by atoms with van der Waals surface area (Å²) in [6.07, 6.45) is 8.78. The van der Waals surface area contributed by atoms with E-state index in [1.807, 2.05) is 24.5 Å². The van der Waals surface area contributed by atoms with Crippen LogP contribution in [0.1, 0.15) is 24.1 Å². The number of hydrogen-bond acceptors (Lipinski definition) is 4.